The van der Waals surface area contributed by atoms with Gasteiger partial charge in [0.15, 0.2) is 5.78 Å². The van der Waals surface area contributed by atoms with E-state index in [1.807, 2.05) is 30.3 Å². The van der Waals surface area contributed by atoms with Crippen LogP contribution in [0.5, 0.6) is 0 Å². The van der Waals surface area contributed by atoms with E-state index in [-0.39, 0.29) is 18.3 Å². The Hall–Kier alpha value is -0.860. The molecule has 1 aliphatic heterocycles. The van der Waals surface area contributed by atoms with Gasteiger partial charge in [0.05, 0.1) is 25.6 Å². The number of rotatable bonds is 6. The predicted molar refractivity (Wildman–Crippen MR) is 74.0 cm³/mol. The number of benzene rings is 1. The van der Waals surface area contributed by atoms with Crippen LogP contribution in [-0.2, 0) is 0 Å². The molecule has 1 aromatic rings. The Labute approximate surface area is 122 Å². The lowest BCUT2D eigenvalue weighted by Crippen LogP contribution is -3.10. The number of carbonyl (C=O) groups excluding carboxylic acids is 1. The number of nitrogens with one attached hydrogen (secondary N) is 1. The van der Waals surface area contributed by atoms with Gasteiger partial charge in [0.2, 0.25) is 0 Å². The van der Waals surface area contributed by atoms with E-state index in [1.165, 1.54) is 25.9 Å². The third-order valence-electron chi connectivity index (χ3n) is 3.91. The van der Waals surface area contributed by atoms with Gasteiger partial charge >= 0.3 is 0 Å². The van der Waals surface area contributed by atoms with Gasteiger partial charge in [0, 0.05) is 18.4 Å². The second kappa shape index (κ2) is 8.34. The fraction of sp³-hybridized carbons (Fsp3) is 0.562. The van der Waals surface area contributed by atoms with E-state index in [2.05, 4.69) is 6.92 Å². The van der Waals surface area contributed by atoms with Crippen LogP contribution in [0.3, 0.4) is 0 Å². The van der Waals surface area contributed by atoms with Gasteiger partial charge < -0.3 is 17.3 Å². The van der Waals surface area contributed by atoms with Crippen molar-refractivity contribution in [3.8, 4) is 0 Å². The summed E-state index contributed by atoms with van der Waals surface area (Å²) in [4.78, 5) is 14.1. The number of likely N-dealkylation sites (tertiary alicyclic amines) is 1. The highest BCUT2D eigenvalue weighted by Gasteiger charge is 2.26. The molecular formula is C16H24ClNO. The van der Waals surface area contributed by atoms with Gasteiger partial charge in [-0.05, 0) is 6.42 Å². The van der Waals surface area contributed by atoms with E-state index in [0.717, 1.165) is 24.9 Å². The zero-order valence-corrected chi connectivity index (χ0v) is 12.5. The maximum Gasteiger partial charge on any atom is 0.171 e. The molecule has 0 aromatic heterocycles. The number of hydrogen-bond acceptors (Lipinski definition) is 1. The van der Waals surface area contributed by atoms with E-state index in [1.54, 1.807) is 4.90 Å². The Kier molecular flexibility index (Phi) is 7.11. The molecule has 2 nitrogen and oxygen atoms in total. The monoisotopic (exact) mass is 281 g/mol. The van der Waals surface area contributed by atoms with E-state index >= 15 is 0 Å². The Bertz CT molecular complexity index is 374. The van der Waals surface area contributed by atoms with Crippen molar-refractivity contribution < 1.29 is 22.1 Å². The first-order chi connectivity index (χ1) is 8.81. The number of hydrogen-bond donors (Lipinski definition) is 1. The average molecular weight is 282 g/mol. The number of quaternary nitrogens is 1. The standard InChI is InChI=1S/C16H23NO.ClH/c1-2-8-15(13-17-11-6-7-12-17)16(18)14-9-4-3-5-10-14;/h3-5,9-10,15H,2,6-8,11-13H2,1H3;1H. The van der Waals surface area contributed by atoms with Crippen LogP contribution in [-0.4, -0.2) is 25.4 Å². The summed E-state index contributed by atoms with van der Waals surface area (Å²) in [6, 6.07) is 9.78. The van der Waals surface area contributed by atoms with Crippen molar-refractivity contribution in [3.05, 3.63) is 35.9 Å². The summed E-state index contributed by atoms with van der Waals surface area (Å²) in [5.41, 5.74) is 0.884. The summed E-state index contributed by atoms with van der Waals surface area (Å²) in [6.07, 6.45) is 4.77. The molecule has 3 heteroatoms. The van der Waals surface area contributed by atoms with Gasteiger partial charge in [-0.15, -0.1) is 0 Å². The van der Waals surface area contributed by atoms with Crippen molar-refractivity contribution in [1.82, 2.24) is 0 Å². The predicted octanol–water partition coefficient (Wildman–Crippen LogP) is -1.03. The zero-order valence-electron chi connectivity index (χ0n) is 11.7. The van der Waals surface area contributed by atoms with Crippen LogP contribution >= 0.6 is 0 Å². The van der Waals surface area contributed by atoms with Crippen LogP contribution in [0.15, 0.2) is 30.3 Å². The van der Waals surface area contributed by atoms with Crippen LogP contribution in [0, 0.1) is 5.92 Å². The summed E-state index contributed by atoms with van der Waals surface area (Å²) in [6.45, 7) is 5.71. The summed E-state index contributed by atoms with van der Waals surface area (Å²) in [7, 11) is 0. The lowest BCUT2D eigenvalue weighted by Gasteiger charge is -2.19. The third-order valence-corrected chi connectivity index (χ3v) is 3.91. The minimum absolute atomic E-state index is 0. The van der Waals surface area contributed by atoms with Gasteiger partial charge in [-0.2, -0.15) is 0 Å². The smallest absolute Gasteiger partial charge is 0.171 e. The molecule has 0 spiro atoms. The molecular weight excluding hydrogens is 258 g/mol. The third kappa shape index (κ3) is 4.63. The second-order valence-electron chi connectivity index (χ2n) is 5.38. The van der Waals surface area contributed by atoms with Crippen molar-refractivity contribution >= 4 is 5.78 Å². The molecule has 0 aliphatic carbocycles. The zero-order chi connectivity index (χ0) is 12.8. The lowest BCUT2D eigenvalue weighted by atomic mass is 9.93. The molecule has 106 valence electrons. The molecule has 19 heavy (non-hydrogen) atoms. The molecule has 1 unspecified atom stereocenters. The molecule has 0 radical (unpaired) electrons. The first-order valence-corrected chi connectivity index (χ1v) is 7.24. The van der Waals surface area contributed by atoms with Crippen molar-refractivity contribution in [3.63, 3.8) is 0 Å². The van der Waals surface area contributed by atoms with Crippen LogP contribution in [0.1, 0.15) is 43.0 Å². The molecule has 1 N–H and O–H groups in total. The van der Waals surface area contributed by atoms with Crippen LogP contribution in [0.2, 0.25) is 0 Å². The van der Waals surface area contributed by atoms with Crippen LogP contribution in [0.25, 0.3) is 0 Å². The summed E-state index contributed by atoms with van der Waals surface area (Å²) >= 11 is 0. The van der Waals surface area contributed by atoms with Crippen LogP contribution < -0.4 is 17.3 Å². The van der Waals surface area contributed by atoms with Crippen molar-refractivity contribution in [2.45, 2.75) is 32.6 Å². The Morgan fingerprint density at radius 3 is 2.42 bits per heavy atom. The van der Waals surface area contributed by atoms with Gasteiger partial charge in [0.1, 0.15) is 0 Å². The number of Topliss-reactive ketones (excluding diaryl/α,β-unsaturated/α-hetero) is 1. The molecule has 0 saturated carbocycles. The van der Waals surface area contributed by atoms with Crippen LogP contribution in [0.4, 0.5) is 0 Å². The Morgan fingerprint density at radius 2 is 1.84 bits per heavy atom. The van der Waals surface area contributed by atoms with E-state index in [9.17, 15) is 4.79 Å². The first kappa shape index (κ1) is 16.2. The summed E-state index contributed by atoms with van der Waals surface area (Å²) < 4.78 is 0. The van der Waals surface area contributed by atoms with Crippen molar-refractivity contribution in [1.29, 1.82) is 0 Å². The Balaban J connectivity index is 0.00000180. The minimum atomic E-state index is 0. The highest BCUT2D eigenvalue weighted by atomic mass is 35.5. The van der Waals surface area contributed by atoms with Crippen molar-refractivity contribution in [2.24, 2.45) is 5.92 Å². The van der Waals surface area contributed by atoms with E-state index < -0.39 is 0 Å². The van der Waals surface area contributed by atoms with E-state index in [4.69, 9.17) is 0 Å². The lowest BCUT2D eigenvalue weighted by molar-refractivity contribution is -0.889. The van der Waals surface area contributed by atoms with Crippen molar-refractivity contribution in [2.75, 3.05) is 19.6 Å². The maximum atomic E-state index is 12.5. The normalized spacial score (nSPS) is 16.9. The fourth-order valence-electron chi connectivity index (χ4n) is 2.94. The molecule has 1 aliphatic rings. The molecule has 1 fully saturated rings. The quantitative estimate of drug-likeness (QED) is 0.662. The van der Waals surface area contributed by atoms with Gasteiger partial charge in [-0.3, -0.25) is 4.79 Å². The second-order valence-corrected chi connectivity index (χ2v) is 5.38. The van der Waals surface area contributed by atoms with Gasteiger partial charge in [-0.1, -0.05) is 43.7 Å². The largest absolute Gasteiger partial charge is 1.00 e. The van der Waals surface area contributed by atoms with E-state index in [0.29, 0.717) is 5.78 Å². The molecule has 1 saturated heterocycles. The highest BCUT2D eigenvalue weighted by Crippen LogP contribution is 2.13. The molecule has 2 rings (SSSR count). The number of carbonyl (C=O) groups is 1. The minimum Gasteiger partial charge on any atom is -1.00 e. The summed E-state index contributed by atoms with van der Waals surface area (Å²) in [5, 5.41) is 0. The Morgan fingerprint density at radius 1 is 1.21 bits per heavy atom. The number of ketones is 1. The molecule has 1 aromatic carbocycles. The highest BCUT2D eigenvalue weighted by molar-refractivity contribution is 5.97. The number of halogens is 1. The maximum absolute atomic E-state index is 12.5. The SMILES string of the molecule is CCCC(C[NH+]1CCCC1)C(=O)c1ccccc1.[Cl-]. The molecule has 1 atom stereocenters. The average Bonchev–Trinajstić information content (AvgIpc) is 2.91. The van der Waals surface area contributed by atoms with Gasteiger partial charge in [0.25, 0.3) is 0 Å². The molecule has 1 heterocycles. The molecule has 0 bridgehead atoms. The first-order valence-electron chi connectivity index (χ1n) is 7.24. The molecule has 0 amide bonds. The summed E-state index contributed by atoms with van der Waals surface area (Å²) in [5.74, 6) is 0.558. The fourth-order valence-corrected chi connectivity index (χ4v) is 2.94. The topological polar surface area (TPSA) is 21.5 Å². The van der Waals surface area contributed by atoms with Gasteiger partial charge in [-0.25, -0.2) is 0 Å².